The normalized spacial score (nSPS) is 15.4. The van der Waals surface area contributed by atoms with Crippen LogP contribution in [-0.4, -0.2) is 51.8 Å². The van der Waals surface area contributed by atoms with Crippen molar-refractivity contribution in [2.24, 2.45) is 5.92 Å². The van der Waals surface area contributed by atoms with Gasteiger partial charge in [-0.3, -0.25) is 4.79 Å². The third kappa shape index (κ3) is 6.39. The summed E-state index contributed by atoms with van der Waals surface area (Å²) < 4.78 is 16.1. The maximum atomic E-state index is 12.7. The number of hydrogen-bond donors (Lipinski definition) is 1. The van der Waals surface area contributed by atoms with Gasteiger partial charge in [-0.2, -0.15) is 0 Å². The summed E-state index contributed by atoms with van der Waals surface area (Å²) in [7, 11) is 4.74. The van der Waals surface area contributed by atoms with Crippen LogP contribution >= 0.6 is 0 Å². The fourth-order valence-corrected chi connectivity index (χ4v) is 3.68. The number of methoxy groups -OCH3 is 3. The molecule has 0 atom stereocenters. The molecular formula is C24H34N2O4. The number of likely N-dealkylation sites (tertiary alicyclic amines) is 1. The van der Waals surface area contributed by atoms with Crippen LogP contribution in [0.3, 0.4) is 0 Å². The van der Waals surface area contributed by atoms with Gasteiger partial charge in [-0.15, -0.1) is 0 Å². The van der Waals surface area contributed by atoms with Crippen LogP contribution in [0.4, 0.5) is 0 Å². The monoisotopic (exact) mass is 414 g/mol. The second-order valence-electron chi connectivity index (χ2n) is 7.30. The zero-order chi connectivity index (χ0) is 21.9. The number of benzene rings is 1. The average molecular weight is 415 g/mol. The zero-order valence-corrected chi connectivity index (χ0v) is 18.4. The molecule has 6 heteroatoms. The van der Waals surface area contributed by atoms with Gasteiger partial charge in [-0.25, -0.2) is 0 Å². The maximum Gasteiger partial charge on any atom is 0.223 e. The fraction of sp³-hybridized carbons (Fsp3) is 0.458. The Morgan fingerprint density at radius 3 is 2.27 bits per heavy atom. The number of nitrogens with one attached hydrogen (secondary N) is 1. The fourth-order valence-electron chi connectivity index (χ4n) is 3.68. The number of hydrogen-bond acceptors (Lipinski definition) is 5. The predicted molar refractivity (Wildman–Crippen MR) is 120 cm³/mol. The van der Waals surface area contributed by atoms with E-state index in [4.69, 9.17) is 14.2 Å². The molecule has 30 heavy (non-hydrogen) atoms. The van der Waals surface area contributed by atoms with Crippen LogP contribution in [0.5, 0.6) is 17.2 Å². The molecule has 1 N–H and O–H groups in total. The van der Waals surface area contributed by atoms with Crippen LogP contribution in [0.1, 0.15) is 24.8 Å². The van der Waals surface area contributed by atoms with Crippen LogP contribution in [-0.2, 0) is 11.3 Å². The lowest BCUT2D eigenvalue weighted by molar-refractivity contribution is -0.126. The van der Waals surface area contributed by atoms with Gasteiger partial charge in [0.15, 0.2) is 11.5 Å². The molecule has 1 aliphatic rings. The summed E-state index contributed by atoms with van der Waals surface area (Å²) in [6, 6.07) is 3.72. The van der Waals surface area contributed by atoms with Crippen molar-refractivity contribution in [1.29, 1.82) is 0 Å². The highest BCUT2D eigenvalue weighted by Crippen LogP contribution is 2.38. The van der Waals surface area contributed by atoms with Crippen LogP contribution in [0.2, 0.25) is 0 Å². The van der Waals surface area contributed by atoms with Crippen LogP contribution in [0.15, 0.2) is 49.1 Å². The number of carbonyl (C=O) groups is 1. The summed E-state index contributed by atoms with van der Waals surface area (Å²) in [5.41, 5.74) is 2.09. The highest BCUT2D eigenvalue weighted by atomic mass is 16.5. The Labute approximate surface area is 180 Å². The van der Waals surface area contributed by atoms with Crippen LogP contribution in [0.25, 0.3) is 0 Å². The first-order valence-electron chi connectivity index (χ1n) is 10.3. The van der Waals surface area contributed by atoms with Gasteiger partial charge in [0.2, 0.25) is 11.7 Å². The number of amides is 1. The first-order valence-corrected chi connectivity index (χ1v) is 10.3. The molecule has 0 unspecified atom stereocenters. The lowest BCUT2D eigenvalue weighted by atomic mass is 9.95. The van der Waals surface area contributed by atoms with E-state index in [1.807, 2.05) is 24.3 Å². The standard InChI is InChI=1S/C24H34N2O4/c1-6-8-18(7-2)9-12-26-13-10-20(11-14-26)24(27)25-17-19-15-21(28-3)23(30-5)22(16-19)29-4/h6-8,15-16,20H,1-2,9-14,17H2,3-5H3,(H,25,27)/b18-8+. The van der Waals surface area contributed by atoms with Crippen molar-refractivity contribution < 1.29 is 19.0 Å². The minimum absolute atomic E-state index is 0.0471. The van der Waals surface area contributed by atoms with E-state index in [0.717, 1.165) is 44.5 Å². The summed E-state index contributed by atoms with van der Waals surface area (Å²) >= 11 is 0. The number of nitrogens with zero attached hydrogens (tertiary/aromatic N) is 1. The van der Waals surface area contributed by atoms with Crippen molar-refractivity contribution in [1.82, 2.24) is 10.2 Å². The molecule has 0 aromatic heterocycles. The Bertz CT molecular complexity index is 739. The predicted octanol–water partition coefficient (Wildman–Crippen LogP) is 3.73. The van der Waals surface area contributed by atoms with Gasteiger partial charge in [0.1, 0.15) is 0 Å². The zero-order valence-electron chi connectivity index (χ0n) is 18.4. The highest BCUT2D eigenvalue weighted by Gasteiger charge is 2.24. The molecule has 2 rings (SSSR count). The maximum absolute atomic E-state index is 12.7. The largest absolute Gasteiger partial charge is 0.493 e. The van der Waals surface area contributed by atoms with Crippen molar-refractivity contribution in [3.63, 3.8) is 0 Å². The van der Waals surface area contributed by atoms with Gasteiger partial charge in [-0.05, 0) is 55.6 Å². The summed E-state index contributed by atoms with van der Waals surface area (Å²) in [5, 5.41) is 3.06. The number of piperidine rings is 1. The van der Waals surface area contributed by atoms with E-state index in [9.17, 15) is 4.79 Å². The minimum Gasteiger partial charge on any atom is -0.493 e. The van der Waals surface area contributed by atoms with E-state index in [1.54, 1.807) is 27.4 Å². The molecule has 1 fully saturated rings. The first kappa shape index (κ1) is 23.5. The van der Waals surface area contributed by atoms with E-state index < -0.39 is 0 Å². The van der Waals surface area contributed by atoms with Crippen molar-refractivity contribution in [3.05, 3.63) is 54.7 Å². The molecule has 1 aromatic rings. The molecule has 1 aromatic carbocycles. The number of ether oxygens (including phenoxy) is 3. The average Bonchev–Trinajstić information content (AvgIpc) is 2.79. The van der Waals surface area contributed by atoms with Crippen molar-refractivity contribution in [3.8, 4) is 17.2 Å². The van der Waals surface area contributed by atoms with Gasteiger partial charge in [0.05, 0.1) is 21.3 Å². The number of carbonyl (C=O) groups excluding carboxylic acids is 1. The Morgan fingerprint density at radius 2 is 1.77 bits per heavy atom. The Morgan fingerprint density at radius 1 is 1.13 bits per heavy atom. The molecule has 1 heterocycles. The highest BCUT2D eigenvalue weighted by molar-refractivity contribution is 5.78. The van der Waals surface area contributed by atoms with E-state index in [0.29, 0.717) is 23.8 Å². The lowest BCUT2D eigenvalue weighted by Gasteiger charge is -2.31. The third-order valence-corrected chi connectivity index (χ3v) is 5.46. The Balaban J connectivity index is 1.85. The first-order chi connectivity index (χ1) is 14.6. The molecule has 1 amide bonds. The van der Waals surface area contributed by atoms with E-state index >= 15 is 0 Å². The minimum atomic E-state index is 0.0471. The topological polar surface area (TPSA) is 60.0 Å². The van der Waals surface area contributed by atoms with Crippen molar-refractivity contribution >= 4 is 5.91 Å². The van der Waals surface area contributed by atoms with Crippen molar-refractivity contribution in [2.45, 2.75) is 25.8 Å². The van der Waals surface area contributed by atoms with Gasteiger partial charge in [-0.1, -0.05) is 31.4 Å². The molecule has 0 radical (unpaired) electrons. The molecule has 0 spiro atoms. The second-order valence-corrected chi connectivity index (χ2v) is 7.30. The molecule has 0 aliphatic carbocycles. The van der Waals surface area contributed by atoms with Crippen molar-refractivity contribution in [2.75, 3.05) is 41.0 Å². The third-order valence-electron chi connectivity index (χ3n) is 5.46. The number of rotatable bonds is 11. The molecule has 1 aliphatic heterocycles. The van der Waals surface area contributed by atoms with Gasteiger partial charge >= 0.3 is 0 Å². The SMILES string of the molecule is C=C/C=C(\C=C)CCN1CCC(C(=O)NCc2cc(OC)c(OC)c(OC)c2)CC1. The van der Waals surface area contributed by atoms with Gasteiger partial charge in [0.25, 0.3) is 0 Å². The van der Waals surface area contributed by atoms with Crippen LogP contribution < -0.4 is 19.5 Å². The van der Waals surface area contributed by atoms with E-state index in [1.165, 1.54) is 5.57 Å². The Hall–Kier alpha value is -2.73. The molecule has 1 saturated heterocycles. The number of allylic oxidation sites excluding steroid dienone is 3. The summed E-state index contributed by atoms with van der Waals surface area (Å²) in [5.74, 6) is 1.86. The molecular weight excluding hydrogens is 380 g/mol. The second kappa shape index (κ2) is 12.1. The summed E-state index contributed by atoms with van der Waals surface area (Å²) in [6.45, 7) is 10.8. The van der Waals surface area contributed by atoms with Gasteiger partial charge in [0, 0.05) is 19.0 Å². The molecule has 0 saturated carbocycles. The van der Waals surface area contributed by atoms with Crippen LogP contribution in [0, 0.1) is 5.92 Å². The molecule has 164 valence electrons. The smallest absolute Gasteiger partial charge is 0.223 e. The lowest BCUT2D eigenvalue weighted by Crippen LogP contribution is -2.40. The molecule has 0 bridgehead atoms. The quantitative estimate of drug-likeness (QED) is 0.559. The summed E-state index contributed by atoms with van der Waals surface area (Å²) in [6.07, 6.45) is 8.36. The summed E-state index contributed by atoms with van der Waals surface area (Å²) in [4.78, 5) is 15.1. The van der Waals surface area contributed by atoms with E-state index in [2.05, 4.69) is 23.4 Å². The Kier molecular flexibility index (Phi) is 9.48. The van der Waals surface area contributed by atoms with E-state index in [-0.39, 0.29) is 11.8 Å². The molecule has 6 nitrogen and oxygen atoms in total. The van der Waals surface area contributed by atoms with Gasteiger partial charge < -0.3 is 24.4 Å².